The molecule has 0 aromatic heterocycles. The molecule has 0 radical (unpaired) electrons. The summed E-state index contributed by atoms with van der Waals surface area (Å²) in [5.74, 6) is 0.251. The average molecular weight is 401 g/mol. The fourth-order valence-corrected chi connectivity index (χ4v) is 6.13. The second-order valence-electron chi connectivity index (χ2n) is 9.34. The predicted molar refractivity (Wildman–Crippen MR) is 128 cm³/mol. The van der Waals surface area contributed by atoms with Gasteiger partial charge in [-0.2, -0.15) is 0 Å². The van der Waals surface area contributed by atoms with Crippen LogP contribution in [0.2, 0.25) is 0 Å². The summed E-state index contributed by atoms with van der Waals surface area (Å²) in [6, 6.07) is 19.6. The van der Waals surface area contributed by atoms with Gasteiger partial charge in [0.1, 0.15) is 0 Å². The van der Waals surface area contributed by atoms with E-state index < -0.39 is 0 Å². The second kappa shape index (κ2) is 8.94. The van der Waals surface area contributed by atoms with E-state index in [0.29, 0.717) is 0 Å². The van der Waals surface area contributed by atoms with Crippen LogP contribution in [0.4, 0.5) is 0 Å². The monoisotopic (exact) mass is 400 g/mol. The molecule has 0 spiro atoms. The Morgan fingerprint density at radius 1 is 1.03 bits per heavy atom. The van der Waals surface area contributed by atoms with Gasteiger partial charge in [0, 0.05) is 11.3 Å². The lowest BCUT2D eigenvalue weighted by Gasteiger charge is -2.37. The molecule has 0 aliphatic heterocycles. The van der Waals surface area contributed by atoms with E-state index in [1.165, 1.54) is 53.5 Å². The lowest BCUT2D eigenvalue weighted by molar-refractivity contribution is 0.120. The van der Waals surface area contributed by atoms with Crippen molar-refractivity contribution in [2.24, 2.45) is 11.3 Å². The van der Waals surface area contributed by atoms with Gasteiger partial charge in [-0.25, -0.2) is 0 Å². The number of aryl methyl sites for hydroxylation is 1. The first-order chi connectivity index (χ1) is 14.6. The predicted octanol–water partition coefficient (Wildman–Crippen LogP) is 7.59. The summed E-state index contributed by atoms with van der Waals surface area (Å²) in [4.78, 5) is 0. The van der Waals surface area contributed by atoms with Crippen LogP contribution in [0.3, 0.4) is 0 Å². The molecule has 30 heavy (non-hydrogen) atoms. The number of unbranched alkanes of at least 4 members (excludes halogenated alkanes) is 3. The third-order valence-corrected chi connectivity index (χ3v) is 7.60. The van der Waals surface area contributed by atoms with Crippen LogP contribution in [0.25, 0.3) is 11.1 Å². The average Bonchev–Trinajstić information content (AvgIpc) is 3.27. The Morgan fingerprint density at radius 3 is 2.50 bits per heavy atom. The number of aliphatic hydroxyl groups is 1. The zero-order chi connectivity index (χ0) is 21.1. The molecule has 1 saturated carbocycles. The van der Waals surface area contributed by atoms with Crippen LogP contribution in [0.5, 0.6) is 0 Å². The van der Waals surface area contributed by atoms with E-state index in [1.807, 2.05) is 0 Å². The van der Waals surface area contributed by atoms with Gasteiger partial charge >= 0.3 is 0 Å². The highest BCUT2D eigenvalue weighted by Crippen LogP contribution is 2.66. The first-order valence-electron chi connectivity index (χ1n) is 11.8. The highest BCUT2D eigenvalue weighted by molar-refractivity contribution is 5.90. The normalized spacial score (nSPS) is 25.6. The van der Waals surface area contributed by atoms with E-state index >= 15 is 0 Å². The zero-order valence-electron chi connectivity index (χ0n) is 18.7. The van der Waals surface area contributed by atoms with Crippen LogP contribution in [0.1, 0.15) is 75.0 Å². The highest BCUT2D eigenvalue weighted by atomic mass is 16.3. The van der Waals surface area contributed by atoms with Gasteiger partial charge < -0.3 is 5.11 Å². The number of hydrogen-bond donors (Lipinski definition) is 1. The molecule has 0 heterocycles. The molecule has 4 rings (SSSR count). The van der Waals surface area contributed by atoms with Gasteiger partial charge in [0.2, 0.25) is 0 Å². The molecule has 2 aliphatic carbocycles. The van der Waals surface area contributed by atoms with Crippen molar-refractivity contribution in [1.29, 1.82) is 0 Å². The standard InChI is InChI=1S/C29H36O/c1-4-5-6-8-16-24-20-26-27(30)18-19-29(26,28(24)23-14-9-7-10-15-23)22(3)25-17-12-11-13-21(25)2/h7,9-15,17,26-27,30H,3-6,8,16,18-20H2,1-2H3. The van der Waals surface area contributed by atoms with Crippen molar-refractivity contribution in [3.8, 4) is 0 Å². The van der Waals surface area contributed by atoms with Crippen LogP contribution in [0, 0.1) is 18.3 Å². The number of benzene rings is 2. The lowest BCUT2D eigenvalue weighted by atomic mass is 9.66. The summed E-state index contributed by atoms with van der Waals surface area (Å²) < 4.78 is 0. The Hall–Kier alpha value is -2.12. The second-order valence-corrected chi connectivity index (χ2v) is 9.34. The van der Waals surface area contributed by atoms with Gasteiger partial charge in [0.05, 0.1) is 6.10 Å². The largest absolute Gasteiger partial charge is 0.393 e. The molecule has 0 bridgehead atoms. The quantitative estimate of drug-likeness (QED) is 0.452. The maximum atomic E-state index is 11.1. The lowest BCUT2D eigenvalue weighted by Crippen LogP contribution is -2.29. The smallest absolute Gasteiger partial charge is 0.0583 e. The topological polar surface area (TPSA) is 20.2 Å². The minimum Gasteiger partial charge on any atom is -0.393 e. The molecule has 158 valence electrons. The Kier molecular flexibility index (Phi) is 6.29. The molecule has 3 unspecified atom stereocenters. The SMILES string of the molecule is C=C(c1ccccc1C)C12CCC(O)C1CC(CCCCCC)=C2c1ccccc1. The minimum absolute atomic E-state index is 0.146. The van der Waals surface area contributed by atoms with Gasteiger partial charge in [0.25, 0.3) is 0 Å². The molecule has 0 amide bonds. The summed E-state index contributed by atoms with van der Waals surface area (Å²) in [6.07, 6.45) is 8.90. The van der Waals surface area contributed by atoms with Crippen molar-refractivity contribution in [2.45, 2.75) is 71.3 Å². The summed E-state index contributed by atoms with van der Waals surface area (Å²) in [6.45, 7) is 9.16. The molecular weight excluding hydrogens is 364 g/mol. The molecule has 2 aromatic rings. The van der Waals surface area contributed by atoms with Crippen molar-refractivity contribution in [2.75, 3.05) is 0 Å². The zero-order valence-corrected chi connectivity index (χ0v) is 18.7. The number of aliphatic hydroxyl groups excluding tert-OH is 1. The molecule has 2 aromatic carbocycles. The van der Waals surface area contributed by atoms with E-state index in [-0.39, 0.29) is 17.4 Å². The molecule has 1 N–H and O–H groups in total. The fraction of sp³-hybridized carbons (Fsp3) is 0.448. The van der Waals surface area contributed by atoms with Gasteiger partial charge in [-0.05, 0) is 66.9 Å². The van der Waals surface area contributed by atoms with Crippen molar-refractivity contribution < 1.29 is 5.11 Å². The Balaban J connectivity index is 1.82. The molecule has 0 saturated heterocycles. The summed E-state index contributed by atoms with van der Waals surface area (Å²) >= 11 is 0. The molecule has 1 nitrogen and oxygen atoms in total. The van der Waals surface area contributed by atoms with Crippen molar-refractivity contribution in [3.05, 3.63) is 83.4 Å². The fourth-order valence-electron chi connectivity index (χ4n) is 6.13. The van der Waals surface area contributed by atoms with Crippen LogP contribution < -0.4 is 0 Å². The summed E-state index contributed by atoms with van der Waals surface area (Å²) in [7, 11) is 0. The van der Waals surface area contributed by atoms with Gasteiger partial charge in [-0.15, -0.1) is 0 Å². The molecule has 1 fully saturated rings. The molecule has 1 heteroatoms. The van der Waals surface area contributed by atoms with Crippen molar-refractivity contribution in [3.63, 3.8) is 0 Å². The minimum atomic E-state index is -0.238. The number of allylic oxidation sites excluding steroid dienone is 3. The Labute approximate surface area is 182 Å². The summed E-state index contributed by atoms with van der Waals surface area (Å²) in [5.41, 5.74) is 7.98. The van der Waals surface area contributed by atoms with Crippen molar-refractivity contribution >= 4 is 11.1 Å². The van der Waals surface area contributed by atoms with E-state index in [4.69, 9.17) is 6.58 Å². The van der Waals surface area contributed by atoms with Gasteiger partial charge in [-0.3, -0.25) is 0 Å². The number of fused-ring (bicyclic) bond motifs is 1. The Morgan fingerprint density at radius 2 is 1.77 bits per heavy atom. The molecule has 3 atom stereocenters. The molecule has 2 aliphatic rings. The van der Waals surface area contributed by atoms with Gasteiger partial charge in [0.15, 0.2) is 0 Å². The first kappa shape index (κ1) is 21.1. The van der Waals surface area contributed by atoms with Crippen molar-refractivity contribution in [1.82, 2.24) is 0 Å². The van der Waals surface area contributed by atoms with E-state index in [9.17, 15) is 5.11 Å². The van der Waals surface area contributed by atoms with Gasteiger partial charge in [-0.1, -0.05) is 92.9 Å². The van der Waals surface area contributed by atoms with E-state index in [0.717, 1.165) is 25.7 Å². The third kappa shape index (κ3) is 3.58. The Bertz CT molecular complexity index is 922. The molecular formula is C29H36O. The van der Waals surface area contributed by atoms with Crippen LogP contribution in [0.15, 0.2) is 66.7 Å². The van der Waals surface area contributed by atoms with E-state index in [2.05, 4.69) is 68.4 Å². The number of rotatable bonds is 8. The first-order valence-corrected chi connectivity index (χ1v) is 11.8. The van der Waals surface area contributed by atoms with Crippen LogP contribution >= 0.6 is 0 Å². The van der Waals surface area contributed by atoms with E-state index in [1.54, 1.807) is 5.57 Å². The maximum Gasteiger partial charge on any atom is 0.0583 e. The summed E-state index contributed by atoms with van der Waals surface area (Å²) in [5, 5.41) is 11.1. The van der Waals surface area contributed by atoms with Crippen LogP contribution in [-0.2, 0) is 0 Å². The number of hydrogen-bond acceptors (Lipinski definition) is 1. The highest BCUT2D eigenvalue weighted by Gasteiger charge is 2.56. The third-order valence-electron chi connectivity index (χ3n) is 7.60. The maximum absolute atomic E-state index is 11.1. The van der Waals surface area contributed by atoms with Crippen LogP contribution in [-0.4, -0.2) is 11.2 Å².